The zero-order chi connectivity index (χ0) is 25.3. The molecule has 0 aliphatic rings. The molecule has 34 heavy (non-hydrogen) atoms. The zero-order valence-corrected chi connectivity index (χ0v) is 24.1. The molecule has 0 saturated carbocycles. The van der Waals surface area contributed by atoms with Gasteiger partial charge in [-0.05, 0) is 25.9 Å². The fourth-order valence-corrected chi connectivity index (χ4v) is 6.25. The number of carbonyl (C=O) groups is 1. The molecule has 0 rings (SSSR count). The molecule has 0 radical (unpaired) electrons. The van der Waals surface area contributed by atoms with E-state index in [1.54, 1.807) is 21.3 Å². The highest BCUT2D eigenvalue weighted by Gasteiger charge is 2.37. The maximum absolute atomic E-state index is 11.0. The van der Waals surface area contributed by atoms with Gasteiger partial charge in [-0.15, -0.1) is 0 Å². The minimum Gasteiger partial charge on any atom is -0.481 e. The van der Waals surface area contributed by atoms with E-state index in [-0.39, 0.29) is 6.42 Å². The number of nitrogens with zero attached hydrogens (tertiary/aromatic N) is 1. The van der Waals surface area contributed by atoms with Gasteiger partial charge >= 0.3 is 14.8 Å². The van der Waals surface area contributed by atoms with Crippen LogP contribution >= 0.6 is 0 Å². The van der Waals surface area contributed by atoms with Crippen molar-refractivity contribution >= 4 is 14.8 Å². The van der Waals surface area contributed by atoms with Crippen molar-refractivity contribution in [3.05, 3.63) is 0 Å². The number of carboxylic acid groups (broad SMARTS) is 1. The van der Waals surface area contributed by atoms with E-state index in [9.17, 15) is 4.79 Å². The van der Waals surface area contributed by atoms with Gasteiger partial charge in [0, 0.05) is 33.9 Å². The predicted octanol–water partition coefficient (Wildman–Crippen LogP) is 7.29. The third kappa shape index (κ3) is 19.8. The van der Waals surface area contributed by atoms with Crippen LogP contribution in [0.1, 0.15) is 122 Å². The molecular weight excluding hydrogens is 446 g/mol. The van der Waals surface area contributed by atoms with Gasteiger partial charge in [0.2, 0.25) is 0 Å². The van der Waals surface area contributed by atoms with Gasteiger partial charge in [-0.3, -0.25) is 4.79 Å². The van der Waals surface area contributed by atoms with E-state index >= 15 is 0 Å². The highest BCUT2D eigenvalue weighted by atomic mass is 28.4. The Morgan fingerprint density at radius 1 is 0.618 bits per heavy atom. The molecule has 0 fully saturated rings. The molecule has 0 bridgehead atoms. The molecule has 0 unspecified atom stereocenters. The molecule has 6 nitrogen and oxygen atoms in total. The van der Waals surface area contributed by atoms with Crippen molar-refractivity contribution < 1.29 is 23.2 Å². The van der Waals surface area contributed by atoms with E-state index in [2.05, 4.69) is 11.8 Å². The lowest BCUT2D eigenvalue weighted by molar-refractivity contribution is -0.137. The van der Waals surface area contributed by atoms with Gasteiger partial charge in [0.05, 0.1) is 6.42 Å². The van der Waals surface area contributed by atoms with Gasteiger partial charge in [0.15, 0.2) is 0 Å². The number of aliphatic carboxylic acids is 1. The van der Waals surface area contributed by atoms with Crippen molar-refractivity contribution in [2.75, 3.05) is 41.0 Å². The lowest BCUT2D eigenvalue weighted by atomic mass is 10.0. The fraction of sp³-hybridized carbons (Fsp3) is 0.963. The third-order valence-corrected chi connectivity index (χ3v) is 9.69. The molecular formula is C27H57NO5Si. The van der Waals surface area contributed by atoms with E-state index in [0.717, 1.165) is 32.0 Å². The first kappa shape index (κ1) is 33.5. The largest absolute Gasteiger partial charge is 0.500 e. The maximum Gasteiger partial charge on any atom is 0.500 e. The Morgan fingerprint density at radius 2 is 1.00 bits per heavy atom. The van der Waals surface area contributed by atoms with Crippen molar-refractivity contribution in [1.82, 2.24) is 4.90 Å². The number of hydrogen-bond acceptors (Lipinski definition) is 5. The minimum atomic E-state index is -2.55. The normalized spacial score (nSPS) is 12.0. The highest BCUT2D eigenvalue weighted by molar-refractivity contribution is 6.60. The Labute approximate surface area is 212 Å². The van der Waals surface area contributed by atoms with Crippen molar-refractivity contribution in [1.29, 1.82) is 0 Å². The molecule has 0 atom stereocenters. The molecule has 0 aliphatic heterocycles. The summed E-state index contributed by atoms with van der Waals surface area (Å²) in [6.07, 6.45) is 22.9. The van der Waals surface area contributed by atoms with E-state index in [1.807, 2.05) is 0 Å². The van der Waals surface area contributed by atoms with Gasteiger partial charge in [0.1, 0.15) is 0 Å². The van der Waals surface area contributed by atoms with Crippen LogP contribution in [0.15, 0.2) is 0 Å². The second kappa shape index (κ2) is 24.2. The quantitative estimate of drug-likeness (QED) is 0.0937. The average Bonchev–Trinajstić information content (AvgIpc) is 2.84. The Bertz CT molecular complexity index is 440. The number of rotatable bonds is 27. The SMILES string of the molecule is CCCCCCCCCCCCCCCCCCN(CCC[Si](OC)(OC)OC)CCC(=O)O. The molecule has 0 spiro atoms. The van der Waals surface area contributed by atoms with Crippen LogP contribution in [0.5, 0.6) is 0 Å². The van der Waals surface area contributed by atoms with E-state index < -0.39 is 14.8 Å². The topological polar surface area (TPSA) is 68.2 Å². The number of carboxylic acids is 1. The van der Waals surface area contributed by atoms with E-state index in [4.69, 9.17) is 18.4 Å². The van der Waals surface area contributed by atoms with Gasteiger partial charge in [-0.1, -0.05) is 103 Å². The summed E-state index contributed by atoms with van der Waals surface area (Å²) >= 11 is 0. The van der Waals surface area contributed by atoms with Gasteiger partial charge in [0.25, 0.3) is 0 Å². The van der Waals surface area contributed by atoms with Gasteiger partial charge < -0.3 is 23.3 Å². The summed E-state index contributed by atoms with van der Waals surface area (Å²) in [7, 11) is 2.36. The van der Waals surface area contributed by atoms with E-state index in [1.165, 1.54) is 96.3 Å². The summed E-state index contributed by atoms with van der Waals surface area (Å²) < 4.78 is 16.5. The summed E-state index contributed by atoms with van der Waals surface area (Å²) in [5.41, 5.74) is 0. The van der Waals surface area contributed by atoms with Crippen LogP contribution in [0.2, 0.25) is 6.04 Å². The van der Waals surface area contributed by atoms with Gasteiger partial charge in [-0.2, -0.15) is 0 Å². The molecule has 0 heterocycles. The van der Waals surface area contributed by atoms with Crippen molar-refractivity contribution in [2.45, 2.75) is 129 Å². The van der Waals surface area contributed by atoms with Crippen molar-refractivity contribution in [2.24, 2.45) is 0 Å². The summed E-state index contributed by atoms with van der Waals surface area (Å²) in [5, 5.41) is 9.06. The standard InChI is InChI=1S/C27H57NO5Si/c1-5-6-7-8-9-10-11-12-13-14-15-16-17-18-19-20-23-28(25-22-27(29)30)24-21-26-34(31-2,32-3)33-4/h5-26H2,1-4H3,(H,29,30). The third-order valence-electron chi connectivity index (χ3n) is 6.86. The Morgan fingerprint density at radius 3 is 1.38 bits per heavy atom. The first-order valence-electron chi connectivity index (χ1n) is 14.1. The predicted molar refractivity (Wildman–Crippen MR) is 144 cm³/mol. The molecule has 1 N–H and O–H groups in total. The lowest BCUT2D eigenvalue weighted by Gasteiger charge is -2.26. The minimum absolute atomic E-state index is 0.195. The molecule has 0 saturated heterocycles. The first-order valence-corrected chi connectivity index (χ1v) is 16.1. The highest BCUT2D eigenvalue weighted by Crippen LogP contribution is 2.17. The monoisotopic (exact) mass is 503 g/mol. The average molecular weight is 504 g/mol. The molecule has 0 aromatic heterocycles. The van der Waals surface area contributed by atoms with Crippen LogP contribution in [0.4, 0.5) is 0 Å². The summed E-state index contributed by atoms with van der Waals surface area (Å²) in [6, 6.07) is 0.749. The smallest absolute Gasteiger partial charge is 0.481 e. The summed E-state index contributed by atoms with van der Waals surface area (Å²) in [5.74, 6) is -0.730. The van der Waals surface area contributed by atoms with Gasteiger partial charge in [-0.25, -0.2) is 0 Å². The fourth-order valence-electron chi connectivity index (χ4n) is 4.55. The second-order valence-electron chi connectivity index (χ2n) is 9.69. The molecule has 0 amide bonds. The van der Waals surface area contributed by atoms with E-state index in [0.29, 0.717) is 6.54 Å². The maximum atomic E-state index is 11.0. The lowest BCUT2D eigenvalue weighted by Crippen LogP contribution is -2.43. The van der Waals surface area contributed by atoms with Crippen LogP contribution in [0, 0.1) is 0 Å². The summed E-state index contributed by atoms with van der Waals surface area (Å²) in [6.45, 7) is 4.71. The van der Waals surface area contributed by atoms with Crippen LogP contribution in [0.3, 0.4) is 0 Å². The molecule has 7 heteroatoms. The molecule has 204 valence electrons. The number of hydrogen-bond donors (Lipinski definition) is 1. The Kier molecular flexibility index (Phi) is 23.9. The molecule has 0 aromatic rings. The first-order chi connectivity index (χ1) is 16.5. The second-order valence-corrected chi connectivity index (χ2v) is 12.8. The molecule has 0 aliphatic carbocycles. The van der Waals surface area contributed by atoms with Crippen molar-refractivity contribution in [3.8, 4) is 0 Å². The zero-order valence-electron chi connectivity index (χ0n) is 23.1. The molecule has 0 aromatic carbocycles. The van der Waals surface area contributed by atoms with Crippen LogP contribution < -0.4 is 0 Å². The van der Waals surface area contributed by atoms with Crippen molar-refractivity contribution in [3.63, 3.8) is 0 Å². The number of unbranched alkanes of at least 4 members (excludes halogenated alkanes) is 15. The Balaban J connectivity index is 3.76. The van der Waals surface area contributed by atoms with Crippen LogP contribution in [-0.4, -0.2) is 65.7 Å². The van der Waals surface area contributed by atoms with Crippen LogP contribution in [-0.2, 0) is 18.1 Å². The van der Waals surface area contributed by atoms with Crippen LogP contribution in [0.25, 0.3) is 0 Å². The Hall–Kier alpha value is -0.473. The summed E-state index contributed by atoms with van der Waals surface area (Å²) in [4.78, 5) is 13.3.